The molecule has 0 saturated heterocycles. The number of hydrogen-bond acceptors (Lipinski definition) is 2. The van der Waals surface area contributed by atoms with E-state index >= 15 is 0 Å². The van der Waals surface area contributed by atoms with Crippen molar-refractivity contribution in [2.24, 2.45) is 0 Å². The van der Waals surface area contributed by atoms with Crippen LogP contribution in [0.4, 0.5) is 0 Å². The molecule has 4 heteroatoms. The van der Waals surface area contributed by atoms with Gasteiger partial charge in [0.2, 0.25) is 0 Å². The Bertz CT molecular complexity index is 543. The van der Waals surface area contributed by atoms with Crippen LogP contribution in [0.5, 0.6) is 0 Å². The molecule has 0 spiro atoms. The van der Waals surface area contributed by atoms with Crippen LogP contribution in [-0.2, 0) is 6.54 Å². The minimum absolute atomic E-state index is 0.305. The molecule has 1 unspecified atom stereocenters. The van der Waals surface area contributed by atoms with Gasteiger partial charge in [0.15, 0.2) is 0 Å². The summed E-state index contributed by atoms with van der Waals surface area (Å²) in [7, 11) is 0. The van der Waals surface area contributed by atoms with Gasteiger partial charge in [-0.25, -0.2) is 4.98 Å². The topological polar surface area (TPSA) is 29.9 Å². The molecule has 19 heavy (non-hydrogen) atoms. The Balaban J connectivity index is 1.62. The van der Waals surface area contributed by atoms with Gasteiger partial charge < -0.3 is 9.88 Å². The predicted octanol–water partition coefficient (Wildman–Crippen LogP) is 3.72. The Hall–Kier alpha value is -1.32. The smallest absolute Gasteiger partial charge is 0.0951 e. The molecule has 3 nitrogen and oxygen atoms in total. The molecular weight excluding hydrogens is 258 g/mol. The molecule has 1 aromatic carbocycles. The number of imidazole rings is 1. The fraction of sp³-hybridized carbons (Fsp3) is 0.400. The summed E-state index contributed by atoms with van der Waals surface area (Å²) in [6, 6.07) is 8.99. The molecule has 1 aliphatic rings. The minimum atomic E-state index is 0.305. The van der Waals surface area contributed by atoms with Crippen molar-refractivity contribution in [3.05, 3.63) is 53.1 Å². The Labute approximate surface area is 118 Å². The number of hydrogen-bond donors (Lipinski definition) is 1. The first-order chi connectivity index (χ1) is 9.24. The summed E-state index contributed by atoms with van der Waals surface area (Å²) in [5.74, 6) is 0. The molecule has 1 aromatic heterocycles. The molecule has 100 valence electrons. The van der Waals surface area contributed by atoms with Crippen LogP contribution in [0.2, 0.25) is 5.02 Å². The second kappa shape index (κ2) is 5.35. The second-order valence-electron chi connectivity index (χ2n) is 5.18. The summed E-state index contributed by atoms with van der Waals surface area (Å²) in [4.78, 5) is 4.25. The van der Waals surface area contributed by atoms with E-state index < -0.39 is 0 Å². The van der Waals surface area contributed by atoms with Crippen LogP contribution in [0.15, 0.2) is 36.8 Å². The predicted molar refractivity (Wildman–Crippen MR) is 77.2 cm³/mol. The third-order valence-electron chi connectivity index (χ3n) is 3.65. The zero-order valence-corrected chi connectivity index (χ0v) is 11.8. The van der Waals surface area contributed by atoms with Crippen molar-refractivity contribution in [2.45, 2.75) is 38.4 Å². The fourth-order valence-electron chi connectivity index (χ4n) is 2.28. The molecule has 1 N–H and O–H groups in total. The lowest BCUT2D eigenvalue weighted by atomic mass is 10.1. The normalized spacial score (nSPS) is 16.5. The fourth-order valence-corrected chi connectivity index (χ4v) is 2.40. The Morgan fingerprint density at radius 3 is 2.79 bits per heavy atom. The number of nitrogens with one attached hydrogen (secondary N) is 1. The molecule has 0 bridgehead atoms. The quantitative estimate of drug-likeness (QED) is 0.901. The third kappa shape index (κ3) is 2.99. The van der Waals surface area contributed by atoms with E-state index in [1.807, 2.05) is 24.7 Å². The lowest BCUT2D eigenvalue weighted by molar-refractivity contribution is 0.547. The van der Waals surface area contributed by atoms with E-state index in [1.54, 1.807) is 0 Å². The van der Waals surface area contributed by atoms with Crippen molar-refractivity contribution >= 4 is 11.6 Å². The van der Waals surface area contributed by atoms with Crippen LogP contribution >= 0.6 is 11.6 Å². The Kier molecular flexibility index (Phi) is 3.58. The molecule has 1 fully saturated rings. The van der Waals surface area contributed by atoms with E-state index in [0.29, 0.717) is 12.1 Å². The van der Waals surface area contributed by atoms with E-state index in [1.165, 1.54) is 24.1 Å². The SMILES string of the molecule is CC(NCc1cncn1C1CC1)c1ccc(Cl)cc1. The first-order valence-electron chi connectivity index (χ1n) is 6.73. The molecule has 1 saturated carbocycles. The maximum Gasteiger partial charge on any atom is 0.0951 e. The van der Waals surface area contributed by atoms with Crippen molar-refractivity contribution in [2.75, 3.05) is 0 Å². The number of rotatable bonds is 5. The zero-order valence-electron chi connectivity index (χ0n) is 11.0. The third-order valence-corrected chi connectivity index (χ3v) is 3.90. The molecule has 2 aromatic rings. The van der Waals surface area contributed by atoms with Gasteiger partial charge in [0.1, 0.15) is 0 Å². The van der Waals surface area contributed by atoms with Crippen LogP contribution in [0.3, 0.4) is 0 Å². The standard InChI is InChI=1S/C15H18ClN3/c1-11(12-2-4-13(16)5-3-12)18-9-15-8-17-10-19(15)14-6-7-14/h2-5,8,10-11,14,18H,6-7,9H2,1H3. The highest BCUT2D eigenvalue weighted by atomic mass is 35.5. The monoisotopic (exact) mass is 275 g/mol. The van der Waals surface area contributed by atoms with E-state index in [4.69, 9.17) is 11.6 Å². The van der Waals surface area contributed by atoms with E-state index in [-0.39, 0.29) is 0 Å². The highest BCUT2D eigenvalue weighted by Crippen LogP contribution is 2.35. The second-order valence-corrected chi connectivity index (χ2v) is 5.61. The zero-order chi connectivity index (χ0) is 13.2. The minimum Gasteiger partial charge on any atom is -0.330 e. The molecule has 1 aliphatic carbocycles. The van der Waals surface area contributed by atoms with Crippen LogP contribution < -0.4 is 5.32 Å². The van der Waals surface area contributed by atoms with Gasteiger partial charge in [-0.15, -0.1) is 0 Å². The molecular formula is C15H18ClN3. The van der Waals surface area contributed by atoms with Crippen molar-refractivity contribution in [3.8, 4) is 0 Å². The van der Waals surface area contributed by atoms with Crippen molar-refractivity contribution < 1.29 is 0 Å². The number of nitrogens with zero attached hydrogens (tertiary/aromatic N) is 2. The molecule has 1 atom stereocenters. The molecule has 0 amide bonds. The Morgan fingerprint density at radius 2 is 2.11 bits per heavy atom. The van der Waals surface area contributed by atoms with Crippen LogP contribution in [0.25, 0.3) is 0 Å². The summed E-state index contributed by atoms with van der Waals surface area (Å²) < 4.78 is 2.29. The van der Waals surface area contributed by atoms with E-state index in [9.17, 15) is 0 Å². The number of aromatic nitrogens is 2. The van der Waals surface area contributed by atoms with Gasteiger partial charge in [-0.05, 0) is 37.5 Å². The van der Waals surface area contributed by atoms with Crippen molar-refractivity contribution in [3.63, 3.8) is 0 Å². The maximum atomic E-state index is 5.91. The highest BCUT2D eigenvalue weighted by Gasteiger charge is 2.25. The largest absolute Gasteiger partial charge is 0.330 e. The summed E-state index contributed by atoms with van der Waals surface area (Å²) >= 11 is 5.91. The molecule has 1 heterocycles. The number of benzene rings is 1. The van der Waals surface area contributed by atoms with Crippen LogP contribution in [0.1, 0.15) is 43.1 Å². The van der Waals surface area contributed by atoms with Crippen LogP contribution in [-0.4, -0.2) is 9.55 Å². The van der Waals surface area contributed by atoms with Gasteiger partial charge in [-0.3, -0.25) is 0 Å². The van der Waals surface area contributed by atoms with Crippen LogP contribution in [0, 0.1) is 0 Å². The highest BCUT2D eigenvalue weighted by molar-refractivity contribution is 6.30. The van der Waals surface area contributed by atoms with Crippen molar-refractivity contribution in [1.29, 1.82) is 0 Å². The first kappa shape index (κ1) is 12.7. The molecule has 0 radical (unpaired) electrons. The van der Waals surface area contributed by atoms with Gasteiger partial charge in [0.25, 0.3) is 0 Å². The van der Waals surface area contributed by atoms with E-state index in [0.717, 1.165) is 11.6 Å². The average Bonchev–Trinajstić information content (AvgIpc) is 3.16. The van der Waals surface area contributed by atoms with Gasteiger partial charge in [0.05, 0.1) is 12.0 Å². The van der Waals surface area contributed by atoms with Gasteiger partial charge in [-0.2, -0.15) is 0 Å². The van der Waals surface area contributed by atoms with E-state index in [2.05, 4.69) is 33.9 Å². The lowest BCUT2D eigenvalue weighted by Gasteiger charge is -2.15. The maximum absolute atomic E-state index is 5.91. The molecule has 3 rings (SSSR count). The lowest BCUT2D eigenvalue weighted by Crippen LogP contribution is -2.19. The first-order valence-corrected chi connectivity index (χ1v) is 7.11. The summed E-state index contributed by atoms with van der Waals surface area (Å²) in [6.45, 7) is 3.02. The van der Waals surface area contributed by atoms with Gasteiger partial charge in [-0.1, -0.05) is 23.7 Å². The van der Waals surface area contributed by atoms with Gasteiger partial charge >= 0.3 is 0 Å². The molecule has 0 aliphatic heterocycles. The Morgan fingerprint density at radius 1 is 1.37 bits per heavy atom. The van der Waals surface area contributed by atoms with Gasteiger partial charge in [0, 0.05) is 29.8 Å². The van der Waals surface area contributed by atoms with Crippen molar-refractivity contribution in [1.82, 2.24) is 14.9 Å². The summed E-state index contributed by atoms with van der Waals surface area (Å²) in [5.41, 5.74) is 2.52. The summed E-state index contributed by atoms with van der Waals surface area (Å²) in [6.07, 6.45) is 6.48. The summed E-state index contributed by atoms with van der Waals surface area (Å²) in [5, 5.41) is 4.32. The average molecular weight is 276 g/mol. The number of halogens is 1.